The maximum atomic E-state index is 14.0. The Hall–Kier alpha value is -1.43. The van der Waals surface area contributed by atoms with Crippen molar-refractivity contribution < 1.29 is 8.78 Å². The summed E-state index contributed by atoms with van der Waals surface area (Å²) in [6, 6.07) is 4.35. The van der Waals surface area contributed by atoms with Gasteiger partial charge < -0.3 is 0 Å². The van der Waals surface area contributed by atoms with Gasteiger partial charge in [0.1, 0.15) is 23.3 Å². The van der Waals surface area contributed by atoms with Crippen molar-refractivity contribution in [3.63, 3.8) is 0 Å². The molecule has 0 bridgehead atoms. The molecule has 0 saturated heterocycles. The Morgan fingerprint density at radius 1 is 0.963 bits per heavy atom. The lowest BCUT2D eigenvalue weighted by atomic mass is 9.66. The van der Waals surface area contributed by atoms with Crippen LogP contribution in [0.3, 0.4) is 0 Å². The van der Waals surface area contributed by atoms with Gasteiger partial charge in [-0.1, -0.05) is 39.5 Å². The molecule has 0 radical (unpaired) electrons. The third-order valence-electron chi connectivity index (χ3n) is 7.48. The van der Waals surface area contributed by atoms with Gasteiger partial charge in [0, 0.05) is 0 Å². The van der Waals surface area contributed by atoms with Crippen LogP contribution < -0.4 is 0 Å². The van der Waals surface area contributed by atoms with Crippen LogP contribution in [0.15, 0.2) is 12.1 Å². The van der Waals surface area contributed by atoms with Gasteiger partial charge in [-0.05, 0) is 85.8 Å². The average Bonchev–Trinajstić information content (AvgIpc) is 2.68. The van der Waals surface area contributed by atoms with Crippen LogP contribution in [0.25, 0.3) is 0 Å². The number of rotatable bonds is 5. The van der Waals surface area contributed by atoms with Crippen molar-refractivity contribution in [1.29, 1.82) is 5.26 Å². The molecule has 3 heteroatoms. The first-order valence-corrected chi connectivity index (χ1v) is 10.9. The van der Waals surface area contributed by atoms with E-state index in [1.807, 2.05) is 0 Å². The molecule has 2 saturated carbocycles. The molecule has 148 valence electrons. The first-order chi connectivity index (χ1) is 13.0. The number of hydrogen-bond acceptors (Lipinski definition) is 1. The predicted octanol–water partition coefficient (Wildman–Crippen LogP) is 7.35. The van der Waals surface area contributed by atoms with Gasteiger partial charge in [-0.2, -0.15) is 5.26 Å². The molecule has 0 N–H and O–H groups in total. The van der Waals surface area contributed by atoms with Crippen molar-refractivity contribution in [1.82, 2.24) is 0 Å². The maximum Gasteiger partial charge on any atom is 0.144 e. The molecule has 0 spiro atoms. The van der Waals surface area contributed by atoms with E-state index in [4.69, 9.17) is 5.26 Å². The second-order valence-electron chi connectivity index (χ2n) is 9.00. The fraction of sp³-hybridized carbons (Fsp3) is 0.708. The Labute approximate surface area is 163 Å². The Balaban J connectivity index is 1.54. The van der Waals surface area contributed by atoms with Crippen LogP contribution >= 0.6 is 0 Å². The summed E-state index contributed by atoms with van der Waals surface area (Å²) >= 11 is 0. The summed E-state index contributed by atoms with van der Waals surface area (Å²) < 4.78 is 27.9. The van der Waals surface area contributed by atoms with Crippen LogP contribution in [0.1, 0.15) is 95.1 Å². The van der Waals surface area contributed by atoms with Gasteiger partial charge in [-0.15, -0.1) is 0 Å². The molecule has 2 fully saturated rings. The molecule has 27 heavy (non-hydrogen) atoms. The third-order valence-corrected chi connectivity index (χ3v) is 7.48. The van der Waals surface area contributed by atoms with E-state index in [1.165, 1.54) is 63.5 Å². The predicted molar refractivity (Wildman–Crippen MR) is 105 cm³/mol. The number of hydrogen-bond donors (Lipinski definition) is 0. The quantitative estimate of drug-likeness (QED) is 0.529. The van der Waals surface area contributed by atoms with E-state index in [1.54, 1.807) is 6.07 Å². The van der Waals surface area contributed by atoms with Crippen molar-refractivity contribution in [2.45, 2.75) is 84.0 Å². The molecular formula is C24H33F2N. The molecule has 1 aromatic rings. The highest BCUT2D eigenvalue weighted by Gasteiger charge is 2.32. The normalized spacial score (nSPS) is 29.9. The number of nitrogens with zero attached hydrogens (tertiary/aromatic N) is 1. The van der Waals surface area contributed by atoms with Gasteiger partial charge in [-0.25, -0.2) is 8.78 Å². The zero-order chi connectivity index (χ0) is 19.4. The van der Waals surface area contributed by atoms with E-state index in [9.17, 15) is 8.78 Å². The number of halogens is 2. The van der Waals surface area contributed by atoms with Crippen LogP contribution in [0.2, 0.25) is 0 Å². The molecule has 2 aliphatic carbocycles. The monoisotopic (exact) mass is 373 g/mol. The summed E-state index contributed by atoms with van der Waals surface area (Å²) in [5, 5.41) is 8.85. The fourth-order valence-electron chi connectivity index (χ4n) is 5.71. The zero-order valence-corrected chi connectivity index (χ0v) is 16.8. The van der Waals surface area contributed by atoms with E-state index in [0.29, 0.717) is 11.5 Å². The van der Waals surface area contributed by atoms with Crippen LogP contribution in [0, 0.1) is 46.6 Å². The smallest absolute Gasteiger partial charge is 0.144 e. The lowest BCUT2D eigenvalue weighted by molar-refractivity contribution is 0.137. The van der Waals surface area contributed by atoms with E-state index in [-0.39, 0.29) is 5.92 Å². The van der Waals surface area contributed by atoms with Gasteiger partial charge in [-0.3, -0.25) is 0 Å². The molecule has 1 atom stereocenters. The molecule has 3 rings (SSSR count). The highest BCUT2D eigenvalue weighted by atomic mass is 19.1. The molecule has 0 aliphatic heterocycles. The zero-order valence-electron chi connectivity index (χ0n) is 16.8. The minimum absolute atomic E-state index is 0.142. The Morgan fingerprint density at radius 2 is 1.48 bits per heavy atom. The molecule has 1 nitrogen and oxygen atoms in total. The van der Waals surface area contributed by atoms with Gasteiger partial charge >= 0.3 is 0 Å². The molecule has 0 heterocycles. The number of nitriles is 1. The summed E-state index contributed by atoms with van der Waals surface area (Å²) in [6.07, 6.45) is 13.2. The van der Waals surface area contributed by atoms with Crippen LogP contribution in [-0.2, 0) is 0 Å². The molecule has 1 aromatic carbocycles. The highest BCUT2D eigenvalue weighted by Crippen LogP contribution is 2.45. The topological polar surface area (TPSA) is 23.8 Å². The van der Waals surface area contributed by atoms with Crippen LogP contribution in [-0.4, -0.2) is 0 Å². The Bertz CT molecular complexity index is 638. The minimum atomic E-state index is -0.725. The Morgan fingerprint density at radius 3 is 1.96 bits per heavy atom. The lowest BCUT2D eigenvalue weighted by Crippen LogP contribution is -2.27. The maximum absolute atomic E-state index is 14.0. The third kappa shape index (κ3) is 4.71. The SMILES string of the molecule is CCC[C@H]1CC[C@H](C2CCC(C(C)c3cc(F)c(C#N)c(F)c3)CC2)CC1. The first-order valence-electron chi connectivity index (χ1n) is 10.9. The fourth-order valence-corrected chi connectivity index (χ4v) is 5.71. The van der Waals surface area contributed by atoms with E-state index < -0.39 is 17.2 Å². The van der Waals surface area contributed by atoms with Gasteiger partial charge in [0.25, 0.3) is 0 Å². The summed E-state index contributed by atoms with van der Waals surface area (Å²) in [5.41, 5.74) is 0.237. The van der Waals surface area contributed by atoms with Gasteiger partial charge in [0.2, 0.25) is 0 Å². The summed E-state index contributed by atoms with van der Waals surface area (Å²) in [5.74, 6) is 1.90. The average molecular weight is 374 g/mol. The lowest BCUT2D eigenvalue weighted by Gasteiger charge is -2.39. The Kier molecular flexibility index (Phi) is 6.90. The standard InChI is InChI=1S/C24H33F2N/c1-3-4-17-5-7-19(8-6-17)20-11-9-18(10-12-20)16(2)21-13-23(25)22(15-27)24(26)14-21/h13-14,16-20H,3-12H2,1-2H3/t16?,17-,18?,19-,20?. The highest BCUT2D eigenvalue weighted by molar-refractivity contribution is 5.36. The molecule has 0 aromatic heterocycles. The molecule has 0 amide bonds. The minimum Gasteiger partial charge on any atom is -0.205 e. The summed E-state index contributed by atoms with van der Waals surface area (Å²) in [4.78, 5) is 0. The molecule has 1 unspecified atom stereocenters. The van der Waals surface area contributed by atoms with E-state index >= 15 is 0 Å². The number of benzene rings is 1. The van der Waals surface area contributed by atoms with Crippen molar-refractivity contribution in [3.05, 3.63) is 34.9 Å². The van der Waals surface area contributed by atoms with Crippen molar-refractivity contribution in [2.24, 2.45) is 23.7 Å². The van der Waals surface area contributed by atoms with Gasteiger partial charge in [0.15, 0.2) is 0 Å². The van der Waals surface area contributed by atoms with Crippen molar-refractivity contribution in [3.8, 4) is 6.07 Å². The van der Waals surface area contributed by atoms with Crippen molar-refractivity contribution >= 4 is 0 Å². The second kappa shape index (κ2) is 9.18. The van der Waals surface area contributed by atoms with E-state index in [0.717, 1.165) is 30.6 Å². The van der Waals surface area contributed by atoms with Crippen molar-refractivity contribution in [2.75, 3.05) is 0 Å². The van der Waals surface area contributed by atoms with Crippen LogP contribution in [0.5, 0.6) is 0 Å². The van der Waals surface area contributed by atoms with Crippen LogP contribution in [0.4, 0.5) is 8.78 Å². The largest absolute Gasteiger partial charge is 0.205 e. The molecule has 2 aliphatic rings. The summed E-state index contributed by atoms with van der Waals surface area (Å²) in [7, 11) is 0. The summed E-state index contributed by atoms with van der Waals surface area (Å²) in [6.45, 7) is 4.38. The first kappa shape index (κ1) is 20.3. The second-order valence-corrected chi connectivity index (χ2v) is 9.00. The van der Waals surface area contributed by atoms with Gasteiger partial charge in [0.05, 0.1) is 0 Å². The van der Waals surface area contributed by atoms with E-state index in [2.05, 4.69) is 13.8 Å². The molecular weight excluding hydrogens is 340 g/mol.